The van der Waals surface area contributed by atoms with E-state index in [4.69, 9.17) is 4.84 Å². The SMILES string of the molecule is O=C1/C=C\C=N/NO\C=C/C=C\C=C/C1. The van der Waals surface area contributed by atoms with Crippen LogP contribution in [0.3, 0.4) is 0 Å². The highest BCUT2D eigenvalue weighted by molar-refractivity contribution is 5.94. The number of carbonyl (C=O) groups is 1. The Morgan fingerprint density at radius 2 is 2.07 bits per heavy atom. The van der Waals surface area contributed by atoms with E-state index in [1.807, 2.05) is 12.2 Å². The average Bonchev–Trinajstić information content (AvgIpc) is 2.24. The van der Waals surface area contributed by atoms with Gasteiger partial charge in [-0.2, -0.15) is 5.10 Å². The van der Waals surface area contributed by atoms with Crippen LogP contribution in [0.25, 0.3) is 0 Å². The molecular formula is C11H12N2O2. The maximum atomic E-state index is 11.2. The van der Waals surface area contributed by atoms with Gasteiger partial charge >= 0.3 is 0 Å². The van der Waals surface area contributed by atoms with Gasteiger partial charge in [0.25, 0.3) is 0 Å². The minimum atomic E-state index is 0.0274. The number of nitrogens with zero attached hydrogens (tertiary/aromatic N) is 1. The molecule has 0 aromatic rings. The van der Waals surface area contributed by atoms with Crippen molar-refractivity contribution >= 4 is 12.0 Å². The molecule has 1 rings (SSSR count). The first kappa shape index (κ1) is 11.0. The average molecular weight is 204 g/mol. The Morgan fingerprint density at radius 3 is 3.00 bits per heavy atom. The van der Waals surface area contributed by atoms with Gasteiger partial charge in [0.2, 0.25) is 0 Å². The number of rotatable bonds is 0. The largest absolute Gasteiger partial charge is 0.373 e. The zero-order chi connectivity index (χ0) is 10.8. The van der Waals surface area contributed by atoms with Crippen LogP contribution in [0, 0.1) is 0 Å². The number of ketones is 1. The first-order valence-corrected chi connectivity index (χ1v) is 4.51. The second-order valence-corrected chi connectivity index (χ2v) is 2.66. The highest BCUT2D eigenvalue weighted by Gasteiger charge is 1.89. The molecule has 0 fully saturated rings. The molecule has 1 heterocycles. The second kappa shape index (κ2) is 7.32. The zero-order valence-corrected chi connectivity index (χ0v) is 8.17. The Hall–Kier alpha value is -2.10. The molecule has 0 amide bonds. The Kier molecular flexibility index (Phi) is 5.36. The molecule has 0 atom stereocenters. The van der Waals surface area contributed by atoms with E-state index in [1.165, 1.54) is 18.6 Å². The zero-order valence-electron chi connectivity index (χ0n) is 8.17. The van der Waals surface area contributed by atoms with Gasteiger partial charge in [0.15, 0.2) is 5.78 Å². The van der Waals surface area contributed by atoms with Gasteiger partial charge in [0.1, 0.15) is 6.26 Å². The summed E-state index contributed by atoms with van der Waals surface area (Å²) in [4.78, 5) is 15.9. The molecule has 0 radical (unpaired) electrons. The lowest BCUT2D eigenvalue weighted by atomic mass is 10.2. The summed E-state index contributed by atoms with van der Waals surface area (Å²) in [6.45, 7) is 0. The van der Waals surface area contributed by atoms with Crippen LogP contribution in [0.5, 0.6) is 0 Å². The van der Waals surface area contributed by atoms with E-state index in [2.05, 4.69) is 10.7 Å². The normalized spacial score (nSPS) is 27.6. The summed E-state index contributed by atoms with van der Waals surface area (Å²) >= 11 is 0. The maximum Gasteiger partial charge on any atom is 0.159 e. The summed E-state index contributed by atoms with van der Waals surface area (Å²) in [5, 5.41) is 3.66. The standard InChI is InChI=1S/C11H12N2O2/c14-11-7-4-2-1-3-5-10-15-13-12-9-6-8-11/h1-6,8-10,13H,7H2/b3-1-,4-2-,8-6-,10-5-,12-9-. The van der Waals surface area contributed by atoms with Crippen LogP contribution in [-0.2, 0) is 9.63 Å². The van der Waals surface area contributed by atoms with E-state index in [-0.39, 0.29) is 5.78 Å². The fourth-order valence-corrected chi connectivity index (χ4v) is 0.828. The molecule has 4 nitrogen and oxygen atoms in total. The summed E-state index contributed by atoms with van der Waals surface area (Å²) in [6.07, 6.45) is 15.2. The van der Waals surface area contributed by atoms with Gasteiger partial charge in [-0.1, -0.05) is 24.3 Å². The summed E-state index contributed by atoms with van der Waals surface area (Å²) < 4.78 is 0. The lowest BCUT2D eigenvalue weighted by Crippen LogP contribution is -2.00. The molecule has 1 aliphatic heterocycles. The van der Waals surface area contributed by atoms with E-state index >= 15 is 0 Å². The number of hydrogen-bond donors (Lipinski definition) is 1. The molecule has 15 heavy (non-hydrogen) atoms. The first-order chi connectivity index (χ1) is 7.39. The van der Waals surface area contributed by atoms with Crippen LogP contribution in [0.2, 0.25) is 0 Å². The van der Waals surface area contributed by atoms with E-state index in [0.29, 0.717) is 6.42 Å². The molecule has 0 saturated heterocycles. The summed E-state index contributed by atoms with van der Waals surface area (Å²) in [5.74, 6) is 0.0274. The Morgan fingerprint density at radius 1 is 1.20 bits per heavy atom. The fourth-order valence-electron chi connectivity index (χ4n) is 0.828. The van der Waals surface area contributed by atoms with Crippen LogP contribution in [0.1, 0.15) is 6.42 Å². The predicted octanol–water partition coefficient (Wildman–Crippen LogP) is 1.65. The smallest absolute Gasteiger partial charge is 0.159 e. The van der Waals surface area contributed by atoms with Crippen molar-refractivity contribution in [3.63, 3.8) is 0 Å². The highest BCUT2D eigenvalue weighted by atomic mass is 16.7. The molecule has 78 valence electrons. The summed E-state index contributed by atoms with van der Waals surface area (Å²) in [7, 11) is 0. The van der Waals surface area contributed by atoms with Crippen molar-refractivity contribution in [2.75, 3.05) is 0 Å². The van der Waals surface area contributed by atoms with Gasteiger partial charge in [0.05, 0.1) is 6.21 Å². The van der Waals surface area contributed by atoms with E-state index in [1.54, 1.807) is 24.3 Å². The van der Waals surface area contributed by atoms with Crippen molar-refractivity contribution in [1.82, 2.24) is 5.59 Å². The number of hydrogen-bond acceptors (Lipinski definition) is 4. The van der Waals surface area contributed by atoms with Crippen LogP contribution >= 0.6 is 0 Å². The third-order valence-electron chi connectivity index (χ3n) is 1.48. The van der Waals surface area contributed by atoms with E-state index in [0.717, 1.165) is 0 Å². The van der Waals surface area contributed by atoms with Crippen LogP contribution in [0.15, 0.2) is 53.9 Å². The van der Waals surface area contributed by atoms with E-state index < -0.39 is 0 Å². The second-order valence-electron chi connectivity index (χ2n) is 2.66. The van der Waals surface area contributed by atoms with Crippen molar-refractivity contribution in [3.05, 3.63) is 48.8 Å². The third-order valence-corrected chi connectivity index (χ3v) is 1.48. The fraction of sp³-hybridized carbons (Fsp3) is 0.0909. The molecule has 0 spiro atoms. The minimum absolute atomic E-state index is 0.0274. The summed E-state index contributed by atoms with van der Waals surface area (Å²) in [6, 6.07) is 0. The van der Waals surface area contributed by atoms with Gasteiger partial charge in [-0.15, -0.1) is 5.59 Å². The van der Waals surface area contributed by atoms with Gasteiger partial charge in [-0.25, -0.2) is 0 Å². The molecular weight excluding hydrogens is 192 g/mol. The molecule has 1 aliphatic rings. The van der Waals surface area contributed by atoms with Crippen LogP contribution in [-0.4, -0.2) is 12.0 Å². The number of hydrazone groups is 1. The molecule has 0 aromatic carbocycles. The highest BCUT2D eigenvalue weighted by Crippen LogP contribution is 1.90. The van der Waals surface area contributed by atoms with Crippen molar-refractivity contribution in [1.29, 1.82) is 0 Å². The molecule has 0 aromatic heterocycles. The Labute approximate surface area is 88.3 Å². The Balaban J connectivity index is 2.59. The minimum Gasteiger partial charge on any atom is -0.373 e. The quantitative estimate of drug-likeness (QED) is 0.652. The Bertz CT molecular complexity index is 338. The van der Waals surface area contributed by atoms with Gasteiger partial charge < -0.3 is 4.84 Å². The lowest BCUT2D eigenvalue weighted by Gasteiger charge is -1.93. The van der Waals surface area contributed by atoms with Crippen molar-refractivity contribution in [2.24, 2.45) is 5.10 Å². The van der Waals surface area contributed by atoms with Crippen molar-refractivity contribution in [3.8, 4) is 0 Å². The van der Waals surface area contributed by atoms with Crippen molar-refractivity contribution < 1.29 is 9.63 Å². The monoisotopic (exact) mass is 204 g/mol. The van der Waals surface area contributed by atoms with Crippen molar-refractivity contribution in [2.45, 2.75) is 6.42 Å². The number of carbonyl (C=O) groups excluding carboxylic acids is 1. The maximum absolute atomic E-state index is 11.2. The summed E-state index contributed by atoms with van der Waals surface area (Å²) in [5.41, 5.74) is 2.32. The molecule has 0 unspecified atom stereocenters. The van der Waals surface area contributed by atoms with Gasteiger partial charge in [0, 0.05) is 6.42 Å². The van der Waals surface area contributed by atoms with Crippen LogP contribution < -0.4 is 5.59 Å². The topological polar surface area (TPSA) is 50.7 Å². The molecule has 0 aliphatic carbocycles. The molecule has 1 N–H and O–H groups in total. The molecule has 0 bridgehead atoms. The molecule has 4 heteroatoms. The lowest BCUT2D eigenvalue weighted by molar-refractivity contribution is -0.113. The number of allylic oxidation sites excluding steroid dienone is 7. The number of nitrogens with one attached hydrogen (secondary N) is 1. The van der Waals surface area contributed by atoms with Gasteiger partial charge in [-0.3, -0.25) is 4.79 Å². The van der Waals surface area contributed by atoms with Crippen LogP contribution in [0.4, 0.5) is 0 Å². The van der Waals surface area contributed by atoms with E-state index in [9.17, 15) is 4.79 Å². The first-order valence-electron chi connectivity index (χ1n) is 4.51. The van der Waals surface area contributed by atoms with Gasteiger partial charge in [-0.05, 0) is 18.2 Å². The molecule has 0 saturated carbocycles. The third kappa shape index (κ3) is 6.04. The predicted molar refractivity (Wildman–Crippen MR) is 58.9 cm³/mol.